The lowest BCUT2D eigenvalue weighted by atomic mass is 10.1. The number of fused-ring (bicyclic) bond motifs is 1. The Balaban J connectivity index is 2.17. The van der Waals surface area contributed by atoms with Crippen LogP contribution in [0.5, 0.6) is 0 Å². The minimum absolute atomic E-state index is 0.275. The van der Waals surface area contributed by atoms with Crippen LogP contribution in [0.25, 0.3) is 20.8 Å². The third-order valence-electron chi connectivity index (χ3n) is 3.19. The van der Waals surface area contributed by atoms with Crippen LogP contribution in [0.2, 0.25) is 0 Å². The van der Waals surface area contributed by atoms with Crippen LogP contribution >= 0.6 is 11.3 Å². The molecule has 2 heterocycles. The molecule has 0 unspecified atom stereocenters. The number of aromatic carboxylic acids is 1. The van der Waals surface area contributed by atoms with Gasteiger partial charge in [-0.15, -0.1) is 11.3 Å². The lowest BCUT2D eigenvalue weighted by molar-refractivity contribution is 0.0697. The number of aromatic nitrogens is 3. The van der Waals surface area contributed by atoms with Crippen molar-refractivity contribution in [2.45, 2.75) is 20.3 Å². The van der Waals surface area contributed by atoms with Crippen LogP contribution in [-0.2, 0) is 6.42 Å². The summed E-state index contributed by atoms with van der Waals surface area (Å²) in [6.07, 6.45) is 0.777. The van der Waals surface area contributed by atoms with Crippen LogP contribution in [0.3, 0.4) is 0 Å². The van der Waals surface area contributed by atoms with Crippen molar-refractivity contribution in [1.82, 2.24) is 15.2 Å². The summed E-state index contributed by atoms with van der Waals surface area (Å²) >= 11 is 1.48. The largest absolute Gasteiger partial charge is 0.478 e. The third-order valence-corrected chi connectivity index (χ3v) is 4.24. The third kappa shape index (κ3) is 2.50. The summed E-state index contributed by atoms with van der Waals surface area (Å²) in [5, 5.41) is 18.2. The van der Waals surface area contributed by atoms with Crippen molar-refractivity contribution < 1.29 is 9.90 Å². The van der Waals surface area contributed by atoms with Gasteiger partial charge in [-0.25, -0.2) is 9.78 Å². The second-order valence-electron chi connectivity index (χ2n) is 4.71. The SMILES string of the molecule is CCc1nnc(C)cc1-c1nc2ccc(C(=O)O)cc2s1. The van der Waals surface area contributed by atoms with Gasteiger partial charge in [-0.1, -0.05) is 6.92 Å². The first kappa shape index (κ1) is 13.6. The van der Waals surface area contributed by atoms with E-state index in [4.69, 9.17) is 5.11 Å². The Morgan fingerprint density at radius 2 is 2.10 bits per heavy atom. The van der Waals surface area contributed by atoms with E-state index in [1.807, 2.05) is 19.9 Å². The molecule has 0 saturated heterocycles. The van der Waals surface area contributed by atoms with Gasteiger partial charge in [0.05, 0.1) is 27.2 Å². The minimum Gasteiger partial charge on any atom is -0.478 e. The van der Waals surface area contributed by atoms with Crippen LogP contribution in [0.15, 0.2) is 24.3 Å². The lowest BCUT2D eigenvalue weighted by Gasteiger charge is -2.03. The number of hydrogen-bond acceptors (Lipinski definition) is 5. The predicted octanol–water partition coefficient (Wildman–Crippen LogP) is 3.32. The molecule has 0 spiro atoms. The van der Waals surface area contributed by atoms with E-state index in [0.717, 1.165) is 38.6 Å². The summed E-state index contributed by atoms with van der Waals surface area (Å²) in [6.45, 7) is 3.92. The van der Waals surface area contributed by atoms with Crippen molar-refractivity contribution in [1.29, 1.82) is 0 Å². The van der Waals surface area contributed by atoms with E-state index < -0.39 is 5.97 Å². The molecule has 6 heteroatoms. The highest BCUT2D eigenvalue weighted by Crippen LogP contribution is 2.32. The Kier molecular flexibility index (Phi) is 3.39. The van der Waals surface area contributed by atoms with Crippen molar-refractivity contribution >= 4 is 27.5 Å². The Hall–Kier alpha value is -2.34. The molecule has 0 atom stereocenters. The van der Waals surface area contributed by atoms with E-state index in [0.29, 0.717) is 0 Å². The van der Waals surface area contributed by atoms with Gasteiger partial charge >= 0.3 is 5.97 Å². The standard InChI is InChI=1S/C15H13N3O2S/c1-3-11-10(6-8(2)17-18-11)14-16-12-5-4-9(15(19)20)7-13(12)21-14/h4-7H,3H2,1-2H3,(H,19,20). The fraction of sp³-hybridized carbons (Fsp3) is 0.200. The molecule has 106 valence electrons. The zero-order valence-electron chi connectivity index (χ0n) is 11.6. The van der Waals surface area contributed by atoms with Crippen LogP contribution in [0.4, 0.5) is 0 Å². The Morgan fingerprint density at radius 1 is 1.29 bits per heavy atom. The highest BCUT2D eigenvalue weighted by atomic mass is 32.1. The van der Waals surface area contributed by atoms with E-state index >= 15 is 0 Å². The molecule has 0 amide bonds. The number of carboxylic acid groups (broad SMARTS) is 1. The molecule has 5 nitrogen and oxygen atoms in total. The minimum atomic E-state index is -0.928. The molecule has 1 aromatic carbocycles. The molecule has 0 radical (unpaired) electrons. The second-order valence-corrected chi connectivity index (χ2v) is 5.74. The number of nitrogens with zero attached hydrogens (tertiary/aromatic N) is 3. The molecule has 21 heavy (non-hydrogen) atoms. The van der Waals surface area contributed by atoms with Crippen molar-refractivity contribution in [3.8, 4) is 10.6 Å². The molecule has 0 aliphatic carbocycles. The molecule has 0 aliphatic rings. The van der Waals surface area contributed by atoms with E-state index in [9.17, 15) is 4.79 Å². The summed E-state index contributed by atoms with van der Waals surface area (Å²) in [5.41, 5.74) is 3.79. The van der Waals surface area contributed by atoms with Gasteiger partial charge in [-0.05, 0) is 37.6 Å². The number of thiazole rings is 1. The van der Waals surface area contributed by atoms with Gasteiger partial charge in [0.1, 0.15) is 5.01 Å². The van der Waals surface area contributed by atoms with Gasteiger partial charge in [0.25, 0.3) is 0 Å². The highest BCUT2D eigenvalue weighted by molar-refractivity contribution is 7.21. The van der Waals surface area contributed by atoms with E-state index in [1.54, 1.807) is 18.2 Å². The lowest BCUT2D eigenvalue weighted by Crippen LogP contribution is -1.97. The van der Waals surface area contributed by atoms with Crippen molar-refractivity contribution in [3.63, 3.8) is 0 Å². The van der Waals surface area contributed by atoms with E-state index in [2.05, 4.69) is 15.2 Å². The average molecular weight is 299 g/mol. The fourth-order valence-corrected chi connectivity index (χ4v) is 3.18. The predicted molar refractivity (Wildman–Crippen MR) is 81.7 cm³/mol. The average Bonchev–Trinajstić information content (AvgIpc) is 2.89. The van der Waals surface area contributed by atoms with Crippen molar-refractivity contribution in [3.05, 3.63) is 41.2 Å². The summed E-state index contributed by atoms with van der Waals surface area (Å²) in [4.78, 5) is 15.6. The van der Waals surface area contributed by atoms with Gasteiger partial charge in [0, 0.05) is 5.56 Å². The smallest absolute Gasteiger partial charge is 0.335 e. The van der Waals surface area contributed by atoms with Gasteiger partial charge in [0.2, 0.25) is 0 Å². The molecule has 0 aliphatic heterocycles. The second kappa shape index (κ2) is 5.21. The van der Waals surface area contributed by atoms with Crippen LogP contribution in [0, 0.1) is 6.92 Å². The Morgan fingerprint density at radius 3 is 2.81 bits per heavy atom. The van der Waals surface area contributed by atoms with E-state index in [-0.39, 0.29) is 5.56 Å². The van der Waals surface area contributed by atoms with Gasteiger partial charge in [0.15, 0.2) is 0 Å². The normalized spacial score (nSPS) is 11.0. The fourth-order valence-electron chi connectivity index (χ4n) is 2.13. The maximum Gasteiger partial charge on any atom is 0.335 e. The zero-order chi connectivity index (χ0) is 15.0. The Bertz CT molecular complexity index is 842. The topological polar surface area (TPSA) is 76.0 Å². The first-order chi connectivity index (χ1) is 10.1. The van der Waals surface area contributed by atoms with E-state index in [1.165, 1.54) is 11.3 Å². The van der Waals surface area contributed by atoms with Gasteiger partial charge in [-0.3, -0.25) is 0 Å². The van der Waals surface area contributed by atoms with Crippen LogP contribution in [0.1, 0.15) is 28.7 Å². The molecule has 0 bridgehead atoms. The molecular weight excluding hydrogens is 286 g/mol. The van der Waals surface area contributed by atoms with Gasteiger partial charge < -0.3 is 5.11 Å². The summed E-state index contributed by atoms with van der Waals surface area (Å²) < 4.78 is 0.862. The summed E-state index contributed by atoms with van der Waals surface area (Å²) in [5.74, 6) is -0.928. The highest BCUT2D eigenvalue weighted by Gasteiger charge is 2.13. The zero-order valence-corrected chi connectivity index (χ0v) is 12.4. The number of carbonyl (C=O) groups is 1. The van der Waals surface area contributed by atoms with Crippen LogP contribution in [-0.4, -0.2) is 26.3 Å². The first-order valence-corrected chi connectivity index (χ1v) is 7.37. The summed E-state index contributed by atoms with van der Waals surface area (Å²) in [7, 11) is 0. The number of carboxylic acids is 1. The number of rotatable bonds is 3. The quantitative estimate of drug-likeness (QED) is 0.803. The van der Waals surface area contributed by atoms with Crippen molar-refractivity contribution in [2.75, 3.05) is 0 Å². The molecule has 2 aromatic heterocycles. The Labute approximate surface area is 125 Å². The number of benzene rings is 1. The molecular formula is C15H13N3O2S. The van der Waals surface area contributed by atoms with Crippen LogP contribution < -0.4 is 0 Å². The van der Waals surface area contributed by atoms with Crippen molar-refractivity contribution in [2.24, 2.45) is 0 Å². The first-order valence-electron chi connectivity index (χ1n) is 6.56. The van der Waals surface area contributed by atoms with Gasteiger partial charge in [-0.2, -0.15) is 10.2 Å². The molecule has 1 N–H and O–H groups in total. The molecule has 0 saturated carbocycles. The molecule has 3 rings (SSSR count). The molecule has 0 fully saturated rings. The molecule has 3 aromatic rings. The maximum absolute atomic E-state index is 11.0. The number of aryl methyl sites for hydroxylation is 2. The number of hydrogen-bond donors (Lipinski definition) is 1. The monoisotopic (exact) mass is 299 g/mol. The maximum atomic E-state index is 11.0. The summed E-state index contributed by atoms with van der Waals surface area (Å²) in [6, 6.07) is 6.95.